The lowest BCUT2D eigenvalue weighted by Gasteiger charge is -2.21. The van der Waals surface area contributed by atoms with Gasteiger partial charge in [-0.05, 0) is 62.4 Å². The Hall–Kier alpha value is -3.90. The maximum absolute atomic E-state index is 12.6. The van der Waals surface area contributed by atoms with E-state index in [2.05, 4.69) is 21.5 Å². The van der Waals surface area contributed by atoms with Crippen LogP contribution in [0.3, 0.4) is 0 Å². The number of carbonyl (C=O) groups is 1. The fourth-order valence-corrected chi connectivity index (χ4v) is 4.74. The average molecular weight is 474 g/mol. The highest BCUT2D eigenvalue weighted by atomic mass is 16.5. The van der Waals surface area contributed by atoms with Gasteiger partial charge < -0.3 is 24.6 Å². The van der Waals surface area contributed by atoms with Gasteiger partial charge in [0.25, 0.3) is 5.89 Å². The molecule has 2 atom stereocenters. The number of ether oxygens (including phenoxy) is 1. The molecule has 1 aromatic heterocycles. The second-order valence-corrected chi connectivity index (χ2v) is 9.22. The first kappa shape index (κ1) is 22.9. The van der Waals surface area contributed by atoms with Gasteiger partial charge in [0.1, 0.15) is 11.8 Å². The molecule has 0 spiro atoms. The SMILES string of the molecule is CC(C)Oc1ccc(-c2nc(-c3cccc4c3CCC4NC(=O)N3CC[C@H](O)C3)no2)cc1C#N. The van der Waals surface area contributed by atoms with Gasteiger partial charge in [-0.1, -0.05) is 23.4 Å². The fraction of sp³-hybridized carbons (Fsp3) is 0.385. The molecular formula is C26H27N5O4. The largest absolute Gasteiger partial charge is 0.490 e. The van der Waals surface area contributed by atoms with Gasteiger partial charge in [0.05, 0.1) is 23.8 Å². The average Bonchev–Trinajstić information content (AvgIpc) is 3.59. The number of aromatic nitrogens is 2. The predicted octanol–water partition coefficient (Wildman–Crippen LogP) is 3.83. The standard InChI is InChI=1S/C26H27N5O4/c1-15(2)34-23-9-6-16(12-17(23)13-27)25-29-24(30-35-25)21-5-3-4-20-19(21)7-8-22(20)28-26(33)31-11-10-18(32)14-31/h3-6,9,12,15,18,22,32H,7-8,10-11,14H2,1-2H3,(H,28,33)/t18-,22?/m0/s1. The van der Waals surface area contributed by atoms with Crippen molar-refractivity contribution in [3.8, 4) is 34.7 Å². The van der Waals surface area contributed by atoms with E-state index in [1.165, 1.54) is 0 Å². The molecule has 9 heteroatoms. The number of amides is 2. The Kier molecular flexibility index (Phi) is 6.14. The van der Waals surface area contributed by atoms with E-state index in [-0.39, 0.29) is 18.2 Å². The second-order valence-electron chi connectivity index (χ2n) is 9.22. The molecule has 2 heterocycles. The third-order valence-electron chi connectivity index (χ3n) is 6.40. The molecule has 2 N–H and O–H groups in total. The number of benzene rings is 2. The van der Waals surface area contributed by atoms with Gasteiger partial charge >= 0.3 is 6.03 Å². The molecule has 1 aliphatic carbocycles. The number of rotatable bonds is 5. The summed E-state index contributed by atoms with van der Waals surface area (Å²) in [4.78, 5) is 18.9. The van der Waals surface area contributed by atoms with E-state index >= 15 is 0 Å². The maximum Gasteiger partial charge on any atom is 0.317 e. The van der Waals surface area contributed by atoms with Crippen LogP contribution in [-0.2, 0) is 6.42 Å². The molecule has 5 rings (SSSR count). The maximum atomic E-state index is 12.6. The number of likely N-dealkylation sites (tertiary alicyclic amines) is 1. The zero-order valence-corrected chi connectivity index (χ0v) is 19.7. The normalized spacial score (nSPS) is 19.0. The Morgan fingerprint density at radius 1 is 1.31 bits per heavy atom. The van der Waals surface area contributed by atoms with Crippen LogP contribution in [-0.4, -0.2) is 51.5 Å². The van der Waals surface area contributed by atoms with Crippen molar-refractivity contribution < 1.29 is 19.2 Å². The smallest absolute Gasteiger partial charge is 0.317 e. The van der Waals surface area contributed by atoms with Crippen molar-refractivity contribution in [2.24, 2.45) is 0 Å². The van der Waals surface area contributed by atoms with Crippen LogP contribution in [0.25, 0.3) is 22.8 Å². The number of carbonyl (C=O) groups excluding carboxylic acids is 1. The molecule has 1 unspecified atom stereocenters. The molecule has 1 saturated heterocycles. The van der Waals surface area contributed by atoms with Gasteiger partial charge in [0, 0.05) is 24.2 Å². The van der Waals surface area contributed by atoms with Crippen LogP contribution >= 0.6 is 0 Å². The van der Waals surface area contributed by atoms with E-state index in [1.807, 2.05) is 32.0 Å². The topological polar surface area (TPSA) is 125 Å². The molecule has 2 amide bonds. The highest BCUT2D eigenvalue weighted by Gasteiger charge is 2.31. The molecule has 0 bridgehead atoms. The number of hydrogen-bond acceptors (Lipinski definition) is 7. The molecule has 35 heavy (non-hydrogen) atoms. The van der Waals surface area contributed by atoms with E-state index in [0.29, 0.717) is 48.1 Å². The van der Waals surface area contributed by atoms with Crippen molar-refractivity contribution in [2.75, 3.05) is 13.1 Å². The fourth-order valence-electron chi connectivity index (χ4n) is 4.74. The van der Waals surface area contributed by atoms with Crippen LogP contribution in [0.4, 0.5) is 4.79 Å². The number of aliphatic hydroxyl groups is 1. The lowest BCUT2D eigenvalue weighted by molar-refractivity contribution is 0.170. The second kappa shape index (κ2) is 9.39. The van der Waals surface area contributed by atoms with Crippen LogP contribution in [0.15, 0.2) is 40.9 Å². The highest BCUT2D eigenvalue weighted by Crippen LogP contribution is 2.38. The number of urea groups is 1. The zero-order valence-electron chi connectivity index (χ0n) is 19.7. The number of nitrogens with one attached hydrogen (secondary N) is 1. The molecule has 0 saturated carbocycles. The number of aliphatic hydroxyl groups excluding tert-OH is 1. The third-order valence-corrected chi connectivity index (χ3v) is 6.40. The summed E-state index contributed by atoms with van der Waals surface area (Å²) >= 11 is 0. The summed E-state index contributed by atoms with van der Waals surface area (Å²) in [7, 11) is 0. The van der Waals surface area contributed by atoms with Crippen molar-refractivity contribution in [2.45, 2.75) is 51.4 Å². The number of hydrogen-bond donors (Lipinski definition) is 2. The lowest BCUT2D eigenvalue weighted by Crippen LogP contribution is -2.40. The van der Waals surface area contributed by atoms with E-state index in [0.717, 1.165) is 29.5 Å². The lowest BCUT2D eigenvalue weighted by atomic mass is 10.0. The monoisotopic (exact) mass is 473 g/mol. The summed E-state index contributed by atoms with van der Waals surface area (Å²) in [6.07, 6.45) is 1.69. The first-order valence-corrected chi connectivity index (χ1v) is 11.8. The van der Waals surface area contributed by atoms with Crippen LogP contribution in [0.5, 0.6) is 5.75 Å². The van der Waals surface area contributed by atoms with E-state index in [4.69, 9.17) is 9.26 Å². The predicted molar refractivity (Wildman–Crippen MR) is 127 cm³/mol. The van der Waals surface area contributed by atoms with Crippen molar-refractivity contribution in [3.05, 3.63) is 53.1 Å². The van der Waals surface area contributed by atoms with Crippen molar-refractivity contribution >= 4 is 6.03 Å². The Balaban J connectivity index is 1.37. The molecule has 1 fully saturated rings. The van der Waals surface area contributed by atoms with Crippen molar-refractivity contribution in [1.82, 2.24) is 20.4 Å². The van der Waals surface area contributed by atoms with E-state index in [9.17, 15) is 15.2 Å². The van der Waals surface area contributed by atoms with Crippen LogP contribution < -0.4 is 10.1 Å². The quantitative estimate of drug-likeness (QED) is 0.577. The third kappa shape index (κ3) is 4.57. The molecule has 9 nitrogen and oxygen atoms in total. The van der Waals surface area contributed by atoms with Gasteiger partial charge in [-0.25, -0.2) is 4.79 Å². The minimum atomic E-state index is -0.446. The molecule has 2 aliphatic rings. The minimum absolute atomic E-state index is 0.0429. The first-order valence-electron chi connectivity index (χ1n) is 11.8. The molecule has 1 aliphatic heterocycles. The molecule has 3 aromatic rings. The summed E-state index contributed by atoms with van der Waals surface area (Å²) in [5, 5.41) is 26.6. The number of β-amino-alcohol motifs (C(OH)–C–C–N with tert-alkyl or cyclic N) is 1. The highest BCUT2D eigenvalue weighted by molar-refractivity contribution is 5.76. The van der Waals surface area contributed by atoms with Crippen LogP contribution in [0.1, 0.15) is 49.4 Å². The Morgan fingerprint density at radius 2 is 2.17 bits per heavy atom. The summed E-state index contributed by atoms with van der Waals surface area (Å²) in [6.45, 7) is 4.75. The van der Waals surface area contributed by atoms with Crippen molar-refractivity contribution in [3.63, 3.8) is 0 Å². The Labute approximate surface area is 203 Å². The number of nitriles is 1. The summed E-state index contributed by atoms with van der Waals surface area (Å²) in [6, 6.07) is 13.0. The van der Waals surface area contributed by atoms with Gasteiger partial charge in [0.15, 0.2) is 0 Å². The van der Waals surface area contributed by atoms with Crippen molar-refractivity contribution in [1.29, 1.82) is 5.26 Å². The van der Waals surface area contributed by atoms with Gasteiger partial charge in [-0.3, -0.25) is 0 Å². The number of fused-ring (bicyclic) bond motifs is 1. The molecule has 180 valence electrons. The summed E-state index contributed by atoms with van der Waals surface area (Å²) in [5.74, 6) is 1.30. The Morgan fingerprint density at radius 3 is 2.91 bits per heavy atom. The summed E-state index contributed by atoms with van der Waals surface area (Å²) < 4.78 is 11.2. The zero-order chi connectivity index (χ0) is 24.5. The molecule has 0 radical (unpaired) electrons. The first-order chi connectivity index (χ1) is 16.9. The van der Waals surface area contributed by atoms with E-state index in [1.54, 1.807) is 23.1 Å². The van der Waals surface area contributed by atoms with Crippen LogP contribution in [0, 0.1) is 11.3 Å². The minimum Gasteiger partial charge on any atom is -0.490 e. The van der Waals surface area contributed by atoms with Gasteiger partial charge in [-0.2, -0.15) is 10.2 Å². The van der Waals surface area contributed by atoms with Crippen LogP contribution in [0.2, 0.25) is 0 Å². The van der Waals surface area contributed by atoms with Gasteiger partial charge in [-0.15, -0.1) is 0 Å². The molecular weight excluding hydrogens is 446 g/mol. The summed E-state index contributed by atoms with van der Waals surface area (Å²) in [5.41, 5.74) is 4.04. The molecule has 2 aromatic carbocycles. The van der Waals surface area contributed by atoms with Gasteiger partial charge in [0.2, 0.25) is 5.82 Å². The number of nitrogens with zero attached hydrogens (tertiary/aromatic N) is 4. The van der Waals surface area contributed by atoms with E-state index < -0.39 is 6.10 Å². The Bertz CT molecular complexity index is 1300.